The Kier molecular flexibility index (Phi) is 54.6. The molecule has 0 amide bonds. The molecule has 0 heterocycles. The Balaban J connectivity index is 4.08. The van der Waals surface area contributed by atoms with Crippen LogP contribution in [-0.2, 0) is 32.7 Å². The first-order valence-electron chi connectivity index (χ1n) is 31.7. The number of hydrogen-bond acceptors (Lipinski definition) is 8. The summed E-state index contributed by atoms with van der Waals surface area (Å²) in [6, 6.07) is 0. The number of carbonyl (C=O) groups excluding carboxylic acids is 2. The third-order valence-electron chi connectivity index (χ3n) is 14.1. The first kappa shape index (κ1) is 72.2. The van der Waals surface area contributed by atoms with Crippen molar-refractivity contribution in [3.63, 3.8) is 0 Å². The summed E-state index contributed by atoms with van der Waals surface area (Å²) in [5.74, 6) is -0.819. The molecular formula is C64H122NO8P. The molecular weight excluding hydrogens is 942 g/mol. The van der Waals surface area contributed by atoms with Crippen LogP contribution in [0.5, 0.6) is 0 Å². The molecule has 2 unspecified atom stereocenters. The highest BCUT2D eigenvalue weighted by Gasteiger charge is 2.22. The first-order valence-corrected chi connectivity index (χ1v) is 33.2. The molecule has 0 aliphatic heterocycles. The van der Waals surface area contributed by atoms with Crippen molar-refractivity contribution in [3.8, 4) is 0 Å². The molecule has 74 heavy (non-hydrogen) atoms. The van der Waals surface area contributed by atoms with Crippen molar-refractivity contribution < 1.29 is 42.1 Å². The van der Waals surface area contributed by atoms with E-state index in [1.807, 2.05) is 21.1 Å². The lowest BCUT2D eigenvalue weighted by Gasteiger charge is -2.28. The highest BCUT2D eigenvalue weighted by molar-refractivity contribution is 7.45. The van der Waals surface area contributed by atoms with E-state index in [-0.39, 0.29) is 32.0 Å². The van der Waals surface area contributed by atoms with Crippen molar-refractivity contribution in [3.05, 3.63) is 36.5 Å². The van der Waals surface area contributed by atoms with Crippen LogP contribution >= 0.6 is 7.82 Å². The Morgan fingerprint density at radius 2 is 0.730 bits per heavy atom. The van der Waals surface area contributed by atoms with Gasteiger partial charge in [0, 0.05) is 12.8 Å². The van der Waals surface area contributed by atoms with Crippen LogP contribution in [0.2, 0.25) is 0 Å². The van der Waals surface area contributed by atoms with Gasteiger partial charge >= 0.3 is 11.9 Å². The number of phosphoric ester groups is 1. The fourth-order valence-electron chi connectivity index (χ4n) is 9.21. The van der Waals surface area contributed by atoms with Crippen LogP contribution in [0.3, 0.4) is 0 Å². The predicted octanol–water partition coefficient (Wildman–Crippen LogP) is 19.3. The van der Waals surface area contributed by atoms with Crippen LogP contribution in [0.15, 0.2) is 36.5 Å². The normalized spacial score (nSPS) is 13.4. The summed E-state index contributed by atoms with van der Waals surface area (Å²) in [6.07, 6.45) is 69.1. The molecule has 0 aromatic carbocycles. The van der Waals surface area contributed by atoms with E-state index >= 15 is 0 Å². The van der Waals surface area contributed by atoms with Gasteiger partial charge in [0.15, 0.2) is 6.10 Å². The largest absolute Gasteiger partial charge is 0.756 e. The summed E-state index contributed by atoms with van der Waals surface area (Å²) in [5.41, 5.74) is 0. The predicted molar refractivity (Wildman–Crippen MR) is 314 cm³/mol. The lowest BCUT2D eigenvalue weighted by Crippen LogP contribution is -2.37. The number of phosphoric acid groups is 1. The average molecular weight is 1060 g/mol. The third-order valence-corrected chi connectivity index (χ3v) is 15.1. The molecule has 2 atom stereocenters. The number of esters is 2. The molecule has 0 bridgehead atoms. The summed E-state index contributed by atoms with van der Waals surface area (Å²) in [4.78, 5) is 38.0. The van der Waals surface area contributed by atoms with Gasteiger partial charge in [0.25, 0.3) is 7.82 Å². The lowest BCUT2D eigenvalue weighted by molar-refractivity contribution is -0.870. The summed E-state index contributed by atoms with van der Waals surface area (Å²) in [6.45, 7) is 4.28. The smallest absolute Gasteiger partial charge is 0.306 e. The Morgan fingerprint density at radius 3 is 1.08 bits per heavy atom. The minimum absolute atomic E-state index is 0.0293. The van der Waals surface area contributed by atoms with E-state index < -0.39 is 26.5 Å². The van der Waals surface area contributed by atoms with Crippen molar-refractivity contribution in [2.24, 2.45) is 0 Å². The molecule has 436 valence electrons. The van der Waals surface area contributed by atoms with Crippen LogP contribution in [-0.4, -0.2) is 70.0 Å². The number of allylic oxidation sites excluding steroid dienone is 6. The van der Waals surface area contributed by atoms with Gasteiger partial charge in [0.1, 0.15) is 19.8 Å². The number of nitrogens with zero attached hydrogens (tertiary/aromatic N) is 1. The molecule has 0 radical (unpaired) electrons. The maximum absolute atomic E-state index is 12.8. The number of ether oxygens (including phenoxy) is 2. The minimum atomic E-state index is -4.64. The number of carbonyl (C=O) groups is 2. The number of unbranched alkanes of at least 4 members (excludes halogenated alkanes) is 39. The van der Waals surface area contributed by atoms with Gasteiger partial charge in [-0.3, -0.25) is 14.2 Å². The van der Waals surface area contributed by atoms with Crippen molar-refractivity contribution in [1.29, 1.82) is 0 Å². The van der Waals surface area contributed by atoms with Crippen LogP contribution in [0, 0.1) is 0 Å². The first-order chi connectivity index (χ1) is 36.0. The van der Waals surface area contributed by atoms with E-state index in [4.69, 9.17) is 18.5 Å². The molecule has 0 aliphatic carbocycles. The highest BCUT2D eigenvalue weighted by Crippen LogP contribution is 2.38. The van der Waals surface area contributed by atoms with Gasteiger partial charge in [0.05, 0.1) is 27.7 Å². The Labute approximate surface area is 459 Å². The molecule has 0 aromatic heterocycles. The summed E-state index contributed by atoms with van der Waals surface area (Å²) in [7, 11) is 1.18. The van der Waals surface area contributed by atoms with Crippen LogP contribution in [0.1, 0.15) is 309 Å². The average Bonchev–Trinajstić information content (AvgIpc) is 3.36. The van der Waals surface area contributed by atoms with Crippen molar-refractivity contribution >= 4 is 19.8 Å². The molecule has 10 heteroatoms. The van der Waals surface area contributed by atoms with Crippen molar-refractivity contribution in [2.75, 3.05) is 47.5 Å². The molecule has 0 saturated carbocycles. The maximum atomic E-state index is 12.8. The van der Waals surface area contributed by atoms with Crippen molar-refractivity contribution in [1.82, 2.24) is 0 Å². The summed E-state index contributed by atoms with van der Waals surface area (Å²) < 4.78 is 34.2. The van der Waals surface area contributed by atoms with E-state index in [0.29, 0.717) is 17.4 Å². The quantitative estimate of drug-likeness (QED) is 0.0195. The van der Waals surface area contributed by atoms with Gasteiger partial charge in [-0.05, 0) is 70.6 Å². The van der Waals surface area contributed by atoms with E-state index in [0.717, 1.165) is 44.9 Å². The van der Waals surface area contributed by atoms with Crippen LogP contribution in [0.4, 0.5) is 0 Å². The zero-order valence-corrected chi connectivity index (χ0v) is 50.5. The second kappa shape index (κ2) is 56.0. The fourth-order valence-corrected chi connectivity index (χ4v) is 9.94. The molecule has 0 fully saturated rings. The molecule has 0 rings (SSSR count). The van der Waals surface area contributed by atoms with Crippen molar-refractivity contribution in [2.45, 2.75) is 315 Å². The second-order valence-corrected chi connectivity index (χ2v) is 24.2. The Bertz CT molecular complexity index is 1340. The number of quaternary nitrogens is 1. The second-order valence-electron chi connectivity index (χ2n) is 22.8. The van der Waals surface area contributed by atoms with Crippen LogP contribution in [0.25, 0.3) is 0 Å². The van der Waals surface area contributed by atoms with Gasteiger partial charge < -0.3 is 27.9 Å². The van der Waals surface area contributed by atoms with E-state index in [1.54, 1.807) is 0 Å². The van der Waals surface area contributed by atoms with E-state index in [2.05, 4.69) is 50.3 Å². The number of hydrogen-bond donors (Lipinski definition) is 0. The SMILES string of the molecule is CCCCCCC/C=C\C/C=C\CCCCCCCCCCCCCCCCCC(=O)OC(COC(=O)CCCCCCCCCCCCC/C=C\CCCCCCCCCC)COP(=O)([O-])OCC[N+](C)(C)C. The highest BCUT2D eigenvalue weighted by atomic mass is 31.2. The molecule has 0 spiro atoms. The van der Waals surface area contributed by atoms with Gasteiger partial charge in [-0.1, -0.05) is 262 Å². The zero-order chi connectivity index (χ0) is 54.2. The fraction of sp³-hybridized carbons (Fsp3) is 0.875. The van der Waals surface area contributed by atoms with E-state index in [1.165, 1.54) is 231 Å². The summed E-state index contributed by atoms with van der Waals surface area (Å²) >= 11 is 0. The Hall–Kier alpha value is -1.77. The molecule has 0 aromatic rings. The maximum Gasteiger partial charge on any atom is 0.306 e. The number of rotatable bonds is 59. The standard InChI is InChI=1S/C64H122NO8P/c1-6-8-10-12-14-16-18-20-22-24-26-28-30-31-32-33-35-37-39-41-43-45-47-49-51-53-55-57-64(67)73-62(61-72-74(68,69)71-59-58-65(3,4)5)60-70-63(66)56-54-52-50-48-46-44-42-40-38-36-34-29-27-25-23-21-19-17-15-13-11-9-7-2/h18,20,24-27,62H,6-17,19,21-23,28-61H2,1-5H3/b20-18-,26-24-,27-25-. The molecule has 0 saturated heterocycles. The topological polar surface area (TPSA) is 111 Å². The van der Waals surface area contributed by atoms with Gasteiger partial charge in [-0.2, -0.15) is 0 Å². The number of likely N-dealkylation sites (N-methyl/N-ethyl adjacent to an activating group) is 1. The molecule has 0 N–H and O–H groups in total. The Morgan fingerprint density at radius 1 is 0.419 bits per heavy atom. The molecule has 9 nitrogen and oxygen atoms in total. The third kappa shape index (κ3) is 59.5. The monoisotopic (exact) mass is 1060 g/mol. The summed E-state index contributed by atoms with van der Waals surface area (Å²) in [5, 5.41) is 0. The van der Waals surface area contributed by atoms with Gasteiger partial charge in [0.2, 0.25) is 0 Å². The van der Waals surface area contributed by atoms with Gasteiger partial charge in [-0.25, -0.2) is 0 Å². The van der Waals surface area contributed by atoms with Gasteiger partial charge in [-0.15, -0.1) is 0 Å². The molecule has 0 aliphatic rings. The zero-order valence-electron chi connectivity index (χ0n) is 49.6. The van der Waals surface area contributed by atoms with Crippen LogP contribution < -0.4 is 4.89 Å². The van der Waals surface area contributed by atoms with E-state index in [9.17, 15) is 19.0 Å². The minimum Gasteiger partial charge on any atom is -0.756 e. The lowest BCUT2D eigenvalue weighted by atomic mass is 10.0.